The lowest BCUT2D eigenvalue weighted by Crippen LogP contribution is -2.18. The van der Waals surface area contributed by atoms with Crippen LogP contribution >= 0.6 is 0 Å². The van der Waals surface area contributed by atoms with Crippen LogP contribution in [0.1, 0.15) is 84.0 Å². The van der Waals surface area contributed by atoms with Gasteiger partial charge in [-0.05, 0) is 43.6 Å². The molecular formula is C17H28O. The van der Waals surface area contributed by atoms with E-state index in [9.17, 15) is 4.79 Å². The number of rotatable bonds is 0. The molecular weight excluding hydrogens is 220 g/mol. The number of carbonyl (C=O) groups excluding carboxylic acids is 1. The van der Waals surface area contributed by atoms with Crippen molar-refractivity contribution in [1.82, 2.24) is 0 Å². The third-order valence-electron chi connectivity index (χ3n) is 4.55. The Morgan fingerprint density at radius 2 is 1.33 bits per heavy atom. The molecule has 0 saturated heterocycles. The second kappa shape index (κ2) is 7.11. The van der Waals surface area contributed by atoms with E-state index >= 15 is 0 Å². The van der Waals surface area contributed by atoms with Crippen molar-refractivity contribution in [3.8, 4) is 0 Å². The van der Waals surface area contributed by atoms with Gasteiger partial charge in [0.15, 0.2) is 5.78 Å². The Kier molecular flexibility index (Phi) is 5.46. The molecule has 0 aromatic carbocycles. The first kappa shape index (κ1) is 13.8. The molecule has 102 valence electrons. The van der Waals surface area contributed by atoms with Gasteiger partial charge in [0, 0.05) is 6.42 Å². The van der Waals surface area contributed by atoms with Crippen LogP contribution in [0.15, 0.2) is 11.1 Å². The van der Waals surface area contributed by atoms with E-state index in [0.717, 1.165) is 12.8 Å². The topological polar surface area (TPSA) is 17.1 Å². The lowest BCUT2D eigenvalue weighted by Gasteiger charge is -2.24. The zero-order valence-corrected chi connectivity index (χ0v) is 12.0. The van der Waals surface area contributed by atoms with Gasteiger partial charge in [0.2, 0.25) is 0 Å². The standard InChI is InChI=1S/C17H28O/c1-14-12-15-10-8-6-4-2-3-5-7-9-11-16(15)17(18)13-14/h14H,2-13H2,1H3. The van der Waals surface area contributed by atoms with E-state index in [1.165, 1.54) is 75.4 Å². The predicted molar refractivity (Wildman–Crippen MR) is 76.6 cm³/mol. The minimum atomic E-state index is 0.473. The van der Waals surface area contributed by atoms with Gasteiger partial charge in [0.1, 0.15) is 0 Å². The fourth-order valence-electron chi connectivity index (χ4n) is 3.52. The molecule has 0 aliphatic heterocycles. The van der Waals surface area contributed by atoms with Gasteiger partial charge < -0.3 is 0 Å². The Morgan fingerprint density at radius 3 is 2.00 bits per heavy atom. The molecule has 0 spiro atoms. The van der Waals surface area contributed by atoms with Crippen molar-refractivity contribution in [3.05, 3.63) is 11.1 Å². The Balaban J connectivity index is 2.05. The average molecular weight is 248 g/mol. The number of Topliss-reactive ketones (excluding diaryl/α,β-unsaturated/α-hetero) is 1. The van der Waals surface area contributed by atoms with Gasteiger partial charge >= 0.3 is 0 Å². The maximum atomic E-state index is 12.2. The van der Waals surface area contributed by atoms with Crippen molar-refractivity contribution < 1.29 is 4.79 Å². The minimum absolute atomic E-state index is 0.473. The van der Waals surface area contributed by atoms with E-state index in [1.807, 2.05) is 0 Å². The molecule has 18 heavy (non-hydrogen) atoms. The molecule has 2 aliphatic carbocycles. The highest BCUT2D eigenvalue weighted by molar-refractivity contribution is 5.97. The second-order valence-corrected chi connectivity index (χ2v) is 6.35. The maximum absolute atomic E-state index is 12.2. The molecule has 1 unspecified atom stereocenters. The highest BCUT2D eigenvalue weighted by Gasteiger charge is 2.24. The molecule has 0 aromatic heterocycles. The number of allylic oxidation sites excluding steroid dienone is 2. The van der Waals surface area contributed by atoms with Crippen LogP contribution < -0.4 is 0 Å². The van der Waals surface area contributed by atoms with E-state index in [4.69, 9.17) is 0 Å². The van der Waals surface area contributed by atoms with Crippen LogP contribution in [0.4, 0.5) is 0 Å². The van der Waals surface area contributed by atoms with Crippen LogP contribution in [0.3, 0.4) is 0 Å². The molecule has 2 aliphatic rings. The smallest absolute Gasteiger partial charge is 0.159 e. The molecule has 0 N–H and O–H groups in total. The van der Waals surface area contributed by atoms with Crippen LogP contribution in [0, 0.1) is 5.92 Å². The largest absolute Gasteiger partial charge is 0.295 e. The monoisotopic (exact) mass is 248 g/mol. The van der Waals surface area contributed by atoms with Crippen molar-refractivity contribution in [2.75, 3.05) is 0 Å². The number of ketones is 1. The third kappa shape index (κ3) is 3.96. The van der Waals surface area contributed by atoms with Gasteiger partial charge in [0.25, 0.3) is 0 Å². The number of carbonyl (C=O) groups is 1. The normalized spacial score (nSPS) is 28.3. The van der Waals surface area contributed by atoms with E-state index in [1.54, 1.807) is 0 Å². The summed E-state index contributed by atoms with van der Waals surface area (Å²) in [5, 5.41) is 0. The summed E-state index contributed by atoms with van der Waals surface area (Å²) in [6.45, 7) is 2.23. The second-order valence-electron chi connectivity index (χ2n) is 6.35. The minimum Gasteiger partial charge on any atom is -0.295 e. The molecule has 1 atom stereocenters. The molecule has 2 rings (SSSR count). The fourth-order valence-corrected chi connectivity index (χ4v) is 3.52. The SMILES string of the molecule is CC1CC(=O)C2=C(CCCCCCCCCC2)C1. The summed E-state index contributed by atoms with van der Waals surface area (Å²) in [5.74, 6) is 1.06. The first-order valence-electron chi connectivity index (χ1n) is 8.01. The van der Waals surface area contributed by atoms with Gasteiger partial charge in [-0.15, -0.1) is 0 Å². The summed E-state index contributed by atoms with van der Waals surface area (Å²) in [6.07, 6.45) is 15.1. The Morgan fingerprint density at radius 1 is 0.778 bits per heavy atom. The summed E-state index contributed by atoms with van der Waals surface area (Å²) in [4.78, 5) is 12.2. The summed E-state index contributed by atoms with van der Waals surface area (Å²) < 4.78 is 0. The molecule has 0 amide bonds. The van der Waals surface area contributed by atoms with Crippen molar-refractivity contribution in [3.63, 3.8) is 0 Å². The van der Waals surface area contributed by atoms with E-state index < -0.39 is 0 Å². The zero-order chi connectivity index (χ0) is 12.8. The average Bonchev–Trinajstić information content (AvgIpc) is 2.31. The quantitative estimate of drug-likeness (QED) is 0.576. The Bertz CT molecular complexity index is 314. The van der Waals surface area contributed by atoms with Crippen LogP contribution in [-0.2, 0) is 4.79 Å². The van der Waals surface area contributed by atoms with Gasteiger partial charge in [-0.1, -0.05) is 51.0 Å². The van der Waals surface area contributed by atoms with E-state index in [-0.39, 0.29) is 0 Å². The van der Waals surface area contributed by atoms with Crippen molar-refractivity contribution in [2.24, 2.45) is 5.92 Å². The third-order valence-corrected chi connectivity index (χ3v) is 4.55. The molecule has 0 aromatic rings. The van der Waals surface area contributed by atoms with Crippen LogP contribution in [0.2, 0.25) is 0 Å². The van der Waals surface area contributed by atoms with Gasteiger partial charge in [-0.3, -0.25) is 4.79 Å². The number of hydrogen-bond donors (Lipinski definition) is 0. The molecule has 1 heteroatoms. The van der Waals surface area contributed by atoms with Gasteiger partial charge in [-0.2, -0.15) is 0 Å². The van der Waals surface area contributed by atoms with E-state index in [2.05, 4.69) is 6.92 Å². The van der Waals surface area contributed by atoms with Crippen LogP contribution in [0.5, 0.6) is 0 Å². The maximum Gasteiger partial charge on any atom is 0.159 e. The zero-order valence-electron chi connectivity index (χ0n) is 12.0. The molecule has 0 radical (unpaired) electrons. The molecule has 1 nitrogen and oxygen atoms in total. The summed E-state index contributed by atoms with van der Waals surface area (Å²) in [6, 6.07) is 0. The van der Waals surface area contributed by atoms with Crippen molar-refractivity contribution in [2.45, 2.75) is 84.0 Å². The Hall–Kier alpha value is -0.590. The predicted octanol–water partition coefficient (Wildman–Crippen LogP) is 5.20. The Labute approximate surface area is 112 Å². The first-order valence-corrected chi connectivity index (χ1v) is 8.01. The van der Waals surface area contributed by atoms with E-state index in [0.29, 0.717) is 11.7 Å². The summed E-state index contributed by atoms with van der Waals surface area (Å²) >= 11 is 0. The first-order chi connectivity index (χ1) is 8.77. The van der Waals surface area contributed by atoms with Crippen LogP contribution in [-0.4, -0.2) is 5.78 Å². The lowest BCUT2D eigenvalue weighted by molar-refractivity contribution is -0.117. The summed E-state index contributed by atoms with van der Waals surface area (Å²) in [5.41, 5.74) is 2.77. The van der Waals surface area contributed by atoms with Crippen LogP contribution in [0.25, 0.3) is 0 Å². The molecule has 0 heterocycles. The molecule has 0 bridgehead atoms. The lowest BCUT2D eigenvalue weighted by atomic mass is 9.80. The molecule has 0 fully saturated rings. The van der Waals surface area contributed by atoms with Crippen molar-refractivity contribution in [1.29, 1.82) is 0 Å². The summed E-state index contributed by atoms with van der Waals surface area (Å²) in [7, 11) is 0. The molecule has 0 saturated carbocycles. The van der Waals surface area contributed by atoms with Crippen molar-refractivity contribution >= 4 is 5.78 Å². The number of hydrogen-bond acceptors (Lipinski definition) is 1. The van der Waals surface area contributed by atoms with Gasteiger partial charge in [0.05, 0.1) is 0 Å². The van der Waals surface area contributed by atoms with Gasteiger partial charge in [-0.25, -0.2) is 0 Å². The highest BCUT2D eigenvalue weighted by Crippen LogP contribution is 2.33. The highest BCUT2D eigenvalue weighted by atomic mass is 16.1. The fraction of sp³-hybridized carbons (Fsp3) is 0.824.